The number of benzene rings is 1. The Morgan fingerprint density at radius 2 is 1.94 bits per heavy atom. The van der Waals surface area contributed by atoms with Gasteiger partial charge in [0, 0.05) is 13.6 Å². The van der Waals surface area contributed by atoms with Crippen molar-refractivity contribution in [2.75, 3.05) is 20.6 Å². The molecule has 3 heteroatoms. The molecule has 0 aromatic heterocycles. The quantitative estimate of drug-likeness (QED) is 0.838. The standard InChI is InChI=1S/C15H24N2O/c1-5-12(2)14-8-6-13(7-9-14)11-17(4)15(18)10-16-3/h6-9,12,16H,5,10-11H2,1-4H3. The van der Waals surface area contributed by atoms with Gasteiger partial charge in [-0.2, -0.15) is 0 Å². The lowest BCUT2D eigenvalue weighted by Crippen LogP contribution is -2.33. The molecule has 0 aliphatic rings. The zero-order chi connectivity index (χ0) is 13.5. The largest absolute Gasteiger partial charge is 0.340 e. The predicted molar refractivity (Wildman–Crippen MR) is 75.5 cm³/mol. The van der Waals surface area contributed by atoms with Crippen molar-refractivity contribution in [2.24, 2.45) is 0 Å². The maximum Gasteiger partial charge on any atom is 0.236 e. The zero-order valence-electron chi connectivity index (χ0n) is 11.9. The zero-order valence-corrected chi connectivity index (χ0v) is 11.9. The van der Waals surface area contributed by atoms with E-state index >= 15 is 0 Å². The van der Waals surface area contributed by atoms with E-state index in [1.807, 2.05) is 7.05 Å². The van der Waals surface area contributed by atoms with Gasteiger partial charge in [0.2, 0.25) is 5.91 Å². The first-order chi connectivity index (χ1) is 8.58. The maximum atomic E-state index is 11.6. The molecule has 1 aromatic carbocycles. The molecule has 0 saturated carbocycles. The van der Waals surface area contributed by atoms with Crippen molar-refractivity contribution < 1.29 is 4.79 Å². The molecule has 0 radical (unpaired) electrons. The van der Waals surface area contributed by atoms with Gasteiger partial charge in [-0.15, -0.1) is 0 Å². The van der Waals surface area contributed by atoms with Gasteiger partial charge < -0.3 is 10.2 Å². The van der Waals surface area contributed by atoms with Gasteiger partial charge in [0.15, 0.2) is 0 Å². The molecule has 0 aliphatic carbocycles. The van der Waals surface area contributed by atoms with E-state index in [0.29, 0.717) is 19.0 Å². The van der Waals surface area contributed by atoms with Crippen molar-refractivity contribution in [1.82, 2.24) is 10.2 Å². The predicted octanol–water partition coefficient (Wildman–Crippen LogP) is 2.38. The summed E-state index contributed by atoms with van der Waals surface area (Å²) in [5.41, 5.74) is 2.54. The molecule has 1 aromatic rings. The van der Waals surface area contributed by atoms with Crippen molar-refractivity contribution >= 4 is 5.91 Å². The van der Waals surface area contributed by atoms with E-state index in [0.717, 1.165) is 6.42 Å². The number of carbonyl (C=O) groups is 1. The lowest BCUT2D eigenvalue weighted by atomic mass is 9.97. The average Bonchev–Trinajstić information content (AvgIpc) is 2.39. The second-order valence-corrected chi connectivity index (χ2v) is 4.83. The van der Waals surface area contributed by atoms with Gasteiger partial charge in [0.05, 0.1) is 6.54 Å². The van der Waals surface area contributed by atoms with E-state index in [4.69, 9.17) is 0 Å². The highest BCUT2D eigenvalue weighted by Crippen LogP contribution is 2.19. The van der Waals surface area contributed by atoms with Crippen molar-refractivity contribution in [3.8, 4) is 0 Å². The number of amides is 1. The second kappa shape index (κ2) is 7.17. The molecule has 100 valence electrons. The fourth-order valence-electron chi connectivity index (χ4n) is 1.84. The Morgan fingerprint density at radius 1 is 1.33 bits per heavy atom. The van der Waals surface area contributed by atoms with E-state index in [1.54, 1.807) is 11.9 Å². The monoisotopic (exact) mass is 248 g/mol. The highest BCUT2D eigenvalue weighted by molar-refractivity contribution is 5.77. The van der Waals surface area contributed by atoms with Crippen molar-refractivity contribution in [1.29, 1.82) is 0 Å². The summed E-state index contributed by atoms with van der Waals surface area (Å²) in [7, 11) is 3.62. The molecule has 3 nitrogen and oxygen atoms in total. The molecule has 0 aliphatic heterocycles. The van der Waals surface area contributed by atoms with Crippen LogP contribution in [0.2, 0.25) is 0 Å². The number of carbonyl (C=O) groups excluding carboxylic acids is 1. The third kappa shape index (κ3) is 4.15. The molecule has 0 saturated heterocycles. The van der Waals surface area contributed by atoms with Crippen LogP contribution in [-0.2, 0) is 11.3 Å². The minimum Gasteiger partial charge on any atom is -0.340 e. The van der Waals surface area contributed by atoms with Crippen LogP contribution in [0.15, 0.2) is 24.3 Å². The van der Waals surface area contributed by atoms with Crippen molar-refractivity contribution in [3.05, 3.63) is 35.4 Å². The van der Waals surface area contributed by atoms with Crippen LogP contribution in [-0.4, -0.2) is 31.4 Å². The lowest BCUT2D eigenvalue weighted by Gasteiger charge is -2.17. The van der Waals surface area contributed by atoms with Crippen molar-refractivity contribution in [3.63, 3.8) is 0 Å². The minimum atomic E-state index is 0.114. The molecule has 18 heavy (non-hydrogen) atoms. The van der Waals surface area contributed by atoms with Gasteiger partial charge in [-0.3, -0.25) is 4.79 Å². The summed E-state index contributed by atoms with van der Waals surface area (Å²) in [6, 6.07) is 8.56. The molecule has 1 rings (SSSR count). The van der Waals surface area contributed by atoms with E-state index in [2.05, 4.69) is 43.4 Å². The Bertz CT molecular complexity index is 373. The highest BCUT2D eigenvalue weighted by atomic mass is 16.2. The van der Waals surface area contributed by atoms with Crippen LogP contribution in [0.4, 0.5) is 0 Å². The van der Waals surface area contributed by atoms with Crippen LogP contribution in [0, 0.1) is 0 Å². The van der Waals surface area contributed by atoms with Gasteiger partial charge >= 0.3 is 0 Å². The van der Waals surface area contributed by atoms with Crippen LogP contribution in [0.5, 0.6) is 0 Å². The van der Waals surface area contributed by atoms with Gasteiger partial charge in [-0.05, 0) is 30.5 Å². The summed E-state index contributed by atoms with van der Waals surface area (Å²) in [6.07, 6.45) is 1.15. The fourth-order valence-corrected chi connectivity index (χ4v) is 1.84. The summed E-state index contributed by atoms with van der Waals surface area (Å²) in [5, 5.41) is 2.87. The number of likely N-dealkylation sites (N-methyl/N-ethyl adjacent to an activating group) is 2. The molecule has 0 fully saturated rings. The third-order valence-electron chi connectivity index (χ3n) is 3.33. The first-order valence-electron chi connectivity index (χ1n) is 6.55. The van der Waals surface area contributed by atoms with Crippen LogP contribution in [0.1, 0.15) is 37.3 Å². The fraction of sp³-hybridized carbons (Fsp3) is 0.533. The number of nitrogens with zero attached hydrogens (tertiary/aromatic N) is 1. The van der Waals surface area contributed by atoms with Crippen LogP contribution >= 0.6 is 0 Å². The average molecular weight is 248 g/mol. The number of hydrogen-bond donors (Lipinski definition) is 1. The van der Waals surface area contributed by atoms with Gasteiger partial charge in [0.1, 0.15) is 0 Å². The molecule has 1 amide bonds. The minimum absolute atomic E-state index is 0.114. The molecule has 0 spiro atoms. The smallest absolute Gasteiger partial charge is 0.236 e. The Kier molecular flexibility index (Phi) is 5.86. The number of nitrogens with one attached hydrogen (secondary N) is 1. The van der Waals surface area contributed by atoms with Crippen molar-refractivity contribution in [2.45, 2.75) is 32.7 Å². The normalized spacial score (nSPS) is 12.2. The Hall–Kier alpha value is -1.35. The molecular weight excluding hydrogens is 224 g/mol. The summed E-state index contributed by atoms with van der Waals surface area (Å²) in [5.74, 6) is 0.714. The first kappa shape index (κ1) is 14.7. The maximum absolute atomic E-state index is 11.6. The summed E-state index contributed by atoms with van der Waals surface area (Å²) < 4.78 is 0. The van der Waals surface area contributed by atoms with Crippen LogP contribution in [0.3, 0.4) is 0 Å². The van der Waals surface area contributed by atoms with E-state index in [-0.39, 0.29) is 5.91 Å². The molecule has 0 bridgehead atoms. The molecule has 1 atom stereocenters. The highest BCUT2D eigenvalue weighted by Gasteiger charge is 2.08. The second-order valence-electron chi connectivity index (χ2n) is 4.83. The van der Waals surface area contributed by atoms with Crippen LogP contribution < -0.4 is 5.32 Å². The summed E-state index contributed by atoms with van der Waals surface area (Å²) in [6.45, 7) is 5.49. The van der Waals surface area contributed by atoms with Gasteiger partial charge in [0.25, 0.3) is 0 Å². The Balaban J connectivity index is 2.60. The molecular formula is C15H24N2O. The third-order valence-corrected chi connectivity index (χ3v) is 3.33. The first-order valence-corrected chi connectivity index (χ1v) is 6.55. The Labute approximate surface area is 110 Å². The van der Waals surface area contributed by atoms with Gasteiger partial charge in [-0.1, -0.05) is 38.1 Å². The molecule has 1 N–H and O–H groups in total. The summed E-state index contributed by atoms with van der Waals surface area (Å²) >= 11 is 0. The van der Waals surface area contributed by atoms with E-state index < -0.39 is 0 Å². The molecule has 1 unspecified atom stereocenters. The van der Waals surface area contributed by atoms with E-state index in [9.17, 15) is 4.79 Å². The van der Waals surface area contributed by atoms with E-state index in [1.165, 1.54) is 11.1 Å². The topological polar surface area (TPSA) is 32.3 Å². The number of rotatable bonds is 6. The van der Waals surface area contributed by atoms with Crippen LogP contribution in [0.25, 0.3) is 0 Å². The SMILES string of the molecule is CCC(C)c1ccc(CN(C)C(=O)CNC)cc1. The molecule has 0 heterocycles. The number of hydrogen-bond acceptors (Lipinski definition) is 2. The van der Waals surface area contributed by atoms with Gasteiger partial charge in [-0.25, -0.2) is 0 Å². The summed E-state index contributed by atoms with van der Waals surface area (Å²) in [4.78, 5) is 13.4. The lowest BCUT2D eigenvalue weighted by molar-refractivity contribution is -0.129. The Morgan fingerprint density at radius 3 is 2.44 bits per heavy atom.